The fourth-order valence-electron chi connectivity index (χ4n) is 2.38. The van der Waals surface area contributed by atoms with E-state index in [1.807, 2.05) is 6.26 Å². The summed E-state index contributed by atoms with van der Waals surface area (Å²) < 4.78 is 12.9. The number of piperidine rings is 1. The van der Waals surface area contributed by atoms with E-state index >= 15 is 0 Å². The topological polar surface area (TPSA) is 40.5 Å². The van der Waals surface area contributed by atoms with Crippen LogP contribution in [0.1, 0.15) is 24.4 Å². The predicted molar refractivity (Wildman–Crippen MR) is 70.4 cm³/mol. The van der Waals surface area contributed by atoms with Crippen LogP contribution in [0.2, 0.25) is 0 Å². The Hall–Kier alpha value is -1.23. The van der Waals surface area contributed by atoms with Gasteiger partial charge in [-0.25, -0.2) is 9.18 Å². The molecule has 98 valence electrons. The van der Waals surface area contributed by atoms with Crippen LogP contribution >= 0.6 is 11.8 Å². The zero-order valence-electron chi connectivity index (χ0n) is 10.2. The number of carbonyl (C=O) groups is 1. The zero-order valence-corrected chi connectivity index (χ0v) is 11.0. The van der Waals surface area contributed by atoms with Gasteiger partial charge in [-0.1, -0.05) is 12.1 Å². The Morgan fingerprint density at radius 2 is 2.11 bits per heavy atom. The summed E-state index contributed by atoms with van der Waals surface area (Å²) >= 11 is 1.77. The van der Waals surface area contributed by atoms with Gasteiger partial charge < -0.3 is 10.0 Å². The van der Waals surface area contributed by atoms with Crippen LogP contribution in [0.25, 0.3) is 0 Å². The number of halogens is 1. The van der Waals surface area contributed by atoms with Crippen molar-refractivity contribution in [2.24, 2.45) is 0 Å². The first-order valence-corrected chi connectivity index (χ1v) is 7.18. The third-order valence-electron chi connectivity index (χ3n) is 3.39. The van der Waals surface area contributed by atoms with E-state index in [-0.39, 0.29) is 11.9 Å². The maximum Gasteiger partial charge on any atom is 0.407 e. The van der Waals surface area contributed by atoms with Crippen LogP contribution in [-0.2, 0) is 0 Å². The van der Waals surface area contributed by atoms with E-state index in [2.05, 4.69) is 0 Å². The molecule has 3 nitrogen and oxygen atoms in total. The molecule has 1 aliphatic heterocycles. The van der Waals surface area contributed by atoms with Crippen LogP contribution in [-0.4, -0.2) is 34.2 Å². The lowest BCUT2D eigenvalue weighted by Crippen LogP contribution is -2.41. The highest BCUT2D eigenvalue weighted by Gasteiger charge is 2.32. The van der Waals surface area contributed by atoms with Crippen molar-refractivity contribution >= 4 is 17.9 Å². The van der Waals surface area contributed by atoms with Gasteiger partial charge in [0.2, 0.25) is 0 Å². The molecule has 18 heavy (non-hydrogen) atoms. The molecule has 1 aromatic rings. The molecule has 1 N–H and O–H groups in total. The molecule has 1 aromatic carbocycles. The molecular weight excluding hydrogens is 253 g/mol. The average molecular weight is 269 g/mol. The lowest BCUT2D eigenvalue weighted by molar-refractivity contribution is 0.108. The number of thioether (sulfide) groups is 1. The summed E-state index contributed by atoms with van der Waals surface area (Å²) in [7, 11) is 0. The van der Waals surface area contributed by atoms with E-state index < -0.39 is 6.09 Å². The Labute approximate surface area is 110 Å². The standard InChI is InChI=1S/C13H16FNO2S/c1-18-11-6-7-15(13(16)17)12(8-11)9-2-4-10(14)5-3-9/h2-5,11-12H,6-8H2,1H3,(H,16,17). The first-order chi connectivity index (χ1) is 8.61. The monoisotopic (exact) mass is 269 g/mol. The molecule has 0 saturated carbocycles. The van der Waals surface area contributed by atoms with Gasteiger partial charge in [0.15, 0.2) is 0 Å². The first kappa shape index (κ1) is 13.2. The Morgan fingerprint density at radius 3 is 2.67 bits per heavy atom. The van der Waals surface area contributed by atoms with Crippen LogP contribution < -0.4 is 0 Å². The van der Waals surface area contributed by atoms with Crippen LogP contribution in [0, 0.1) is 5.82 Å². The van der Waals surface area contributed by atoms with Crippen LogP contribution in [0.5, 0.6) is 0 Å². The van der Waals surface area contributed by atoms with Gasteiger partial charge in [0.1, 0.15) is 5.82 Å². The summed E-state index contributed by atoms with van der Waals surface area (Å²) in [6.45, 7) is 0.545. The molecule has 1 heterocycles. The number of benzene rings is 1. The summed E-state index contributed by atoms with van der Waals surface area (Å²) in [6.07, 6.45) is 2.82. The summed E-state index contributed by atoms with van der Waals surface area (Å²) in [4.78, 5) is 12.7. The number of likely N-dealkylation sites (tertiary alicyclic amines) is 1. The molecule has 2 unspecified atom stereocenters. The molecule has 0 aliphatic carbocycles. The van der Waals surface area contributed by atoms with Gasteiger partial charge in [0.25, 0.3) is 0 Å². The van der Waals surface area contributed by atoms with Gasteiger partial charge in [-0.15, -0.1) is 0 Å². The summed E-state index contributed by atoms with van der Waals surface area (Å²) in [5.74, 6) is -0.294. The van der Waals surface area contributed by atoms with Crippen molar-refractivity contribution in [3.8, 4) is 0 Å². The van der Waals surface area contributed by atoms with Crippen molar-refractivity contribution in [2.75, 3.05) is 12.8 Å². The normalized spacial score (nSPS) is 24.0. The summed E-state index contributed by atoms with van der Waals surface area (Å²) in [6, 6.07) is 5.97. The Bertz CT molecular complexity index is 424. The fourth-order valence-corrected chi connectivity index (χ4v) is 3.09. The molecule has 2 atom stereocenters. The first-order valence-electron chi connectivity index (χ1n) is 5.89. The third-order valence-corrected chi connectivity index (χ3v) is 4.48. The second kappa shape index (κ2) is 5.61. The SMILES string of the molecule is CSC1CCN(C(=O)O)C(c2ccc(F)cc2)C1. The van der Waals surface area contributed by atoms with Crippen molar-refractivity contribution in [3.05, 3.63) is 35.6 Å². The second-order valence-corrected chi connectivity index (χ2v) is 5.56. The molecule has 1 saturated heterocycles. The highest BCUT2D eigenvalue weighted by molar-refractivity contribution is 7.99. The lowest BCUT2D eigenvalue weighted by Gasteiger charge is -2.37. The highest BCUT2D eigenvalue weighted by atomic mass is 32.2. The molecule has 1 fully saturated rings. The molecule has 0 bridgehead atoms. The van der Waals surface area contributed by atoms with Crippen LogP contribution in [0.15, 0.2) is 24.3 Å². The Morgan fingerprint density at radius 1 is 1.44 bits per heavy atom. The minimum Gasteiger partial charge on any atom is -0.465 e. The highest BCUT2D eigenvalue weighted by Crippen LogP contribution is 2.35. The number of hydrogen-bond acceptors (Lipinski definition) is 2. The van der Waals surface area contributed by atoms with Gasteiger partial charge in [-0.2, -0.15) is 11.8 Å². The van der Waals surface area contributed by atoms with Crippen molar-refractivity contribution in [3.63, 3.8) is 0 Å². The van der Waals surface area contributed by atoms with Crippen molar-refractivity contribution in [1.82, 2.24) is 4.90 Å². The largest absolute Gasteiger partial charge is 0.465 e. The summed E-state index contributed by atoms with van der Waals surface area (Å²) in [5.41, 5.74) is 0.873. The average Bonchev–Trinajstić information content (AvgIpc) is 2.38. The van der Waals surface area contributed by atoms with Crippen LogP contribution in [0.4, 0.5) is 9.18 Å². The van der Waals surface area contributed by atoms with Crippen molar-refractivity contribution in [2.45, 2.75) is 24.1 Å². The minimum atomic E-state index is -0.899. The number of nitrogens with zero attached hydrogens (tertiary/aromatic N) is 1. The molecular formula is C13H16FNO2S. The van der Waals surface area contributed by atoms with E-state index in [1.54, 1.807) is 23.9 Å². The molecule has 1 aliphatic rings. The van der Waals surface area contributed by atoms with Crippen molar-refractivity contribution < 1.29 is 14.3 Å². The quantitative estimate of drug-likeness (QED) is 0.895. The van der Waals surface area contributed by atoms with Crippen molar-refractivity contribution in [1.29, 1.82) is 0 Å². The van der Waals surface area contributed by atoms with E-state index in [0.717, 1.165) is 18.4 Å². The van der Waals surface area contributed by atoms with E-state index in [0.29, 0.717) is 11.8 Å². The smallest absolute Gasteiger partial charge is 0.407 e. The second-order valence-electron chi connectivity index (χ2n) is 4.43. The maximum atomic E-state index is 12.9. The number of rotatable bonds is 2. The minimum absolute atomic E-state index is 0.158. The molecule has 1 amide bonds. The van der Waals surface area contributed by atoms with Gasteiger partial charge in [0, 0.05) is 11.8 Å². The van der Waals surface area contributed by atoms with E-state index in [4.69, 9.17) is 0 Å². The lowest BCUT2D eigenvalue weighted by atomic mass is 9.95. The van der Waals surface area contributed by atoms with E-state index in [1.165, 1.54) is 17.0 Å². The number of amides is 1. The zero-order chi connectivity index (χ0) is 13.1. The predicted octanol–water partition coefficient (Wildman–Crippen LogP) is 3.37. The van der Waals surface area contributed by atoms with Gasteiger partial charge in [-0.05, 0) is 36.8 Å². The van der Waals surface area contributed by atoms with Gasteiger partial charge in [0.05, 0.1) is 6.04 Å². The molecule has 0 spiro atoms. The molecule has 0 radical (unpaired) electrons. The number of hydrogen-bond donors (Lipinski definition) is 1. The van der Waals surface area contributed by atoms with E-state index in [9.17, 15) is 14.3 Å². The van der Waals surface area contributed by atoms with Gasteiger partial charge >= 0.3 is 6.09 Å². The number of carboxylic acid groups (broad SMARTS) is 1. The van der Waals surface area contributed by atoms with Gasteiger partial charge in [-0.3, -0.25) is 0 Å². The molecule has 5 heteroatoms. The molecule has 2 rings (SSSR count). The third kappa shape index (κ3) is 2.77. The Kier molecular flexibility index (Phi) is 4.11. The maximum absolute atomic E-state index is 12.9. The van der Waals surface area contributed by atoms with Crippen LogP contribution in [0.3, 0.4) is 0 Å². The molecule has 0 aromatic heterocycles. The summed E-state index contributed by atoms with van der Waals surface area (Å²) in [5, 5.41) is 9.70. The fraction of sp³-hybridized carbons (Fsp3) is 0.462. The Balaban J connectivity index is 2.24.